The van der Waals surface area contributed by atoms with Crippen LogP contribution in [0.3, 0.4) is 0 Å². The SMILES string of the molecule is CC1OC(O[C@H]2C(O)C(C)OC(O[C@H]3CCC4(C)C5CCC6(C)[C@@H](C7=CC(=O)OC7)CC[C@]6(O)[C@@H]5CC[C@H]4C3)[C@H]2O)[C@@H](O)[C@@H](O)C1O. The zero-order chi connectivity index (χ0) is 33.6. The number of carbonyl (C=O) groups excluding carboxylic acids is 1. The fraction of sp³-hybridized carbons (Fsp3) is 0.914. The van der Waals surface area contributed by atoms with Crippen molar-refractivity contribution in [2.24, 2.45) is 34.5 Å². The first-order chi connectivity index (χ1) is 22.2. The normalized spacial score (nSPS) is 56.3. The van der Waals surface area contributed by atoms with Crippen LogP contribution in [0, 0.1) is 34.5 Å². The van der Waals surface area contributed by atoms with Crippen LogP contribution in [0.15, 0.2) is 11.6 Å². The van der Waals surface area contributed by atoms with Crippen LogP contribution >= 0.6 is 0 Å². The maximum atomic E-state index is 12.5. The Morgan fingerprint density at radius 3 is 2.17 bits per heavy atom. The molecule has 18 atom stereocenters. The van der Waals surface area contributed by atoms with Crippen molar-refractivity contribution in [3.8, 4) is 0 Å². The van der Waals surface area contributed by atoms with Crippen molar-refractivity contribution in [3.05, 3.63) is 11.6 Å². The van der Waals surface area contributed by atoms with Crippen molar-refractivity contribution >= 4 is 5.97 Å². The molecule has 266 valence electrons. The molecular weight excluding hydrogens is 612 g/mol. The molecule has 6 N–H and O–H groups in total. The van der Waals surface area contributed by atoms with Gasteiger partial charge in [0.2, 0.25) is 0 Å². The minimum Gasteiger partial charge on any atom is -0.458 e. The lowest BCUT2D eigenvalue weighted by Gasteiger charge is -2.64. The Balaban J connectivity index is 1.01. The molecule has 0 radical (unpaired) electrons. The topological polar surface area (TPSA) is 185 Å². The van der Waals surface area contributed by atoms with E-state index in [4.69, 9.17) is 23.7 Å². The number of aliphatic hydroxyl groups excluding tert-OH is 5. The second-order valence-corrected chi connectivity index (χ2v) is 16.3. The van der Waals surface area contributed by atoms with Crippen molar-refractivity contribution < 1.29 is 59.1 Å². The minimum absolute atomic E-state index is 0.0430. The van der Waals surface area contributed by atoms with E-state index in [0.29, 0.717) is 18.4 Å². The van der Waals surface area contributed by atoms with Gasteiger partial charge in [-0.25, -0.2) is 4.79 Å². The van der Waals surface area contributed by atoms with E-state index in [-0.39, 0.29) is 34.7 Å². The van der Waals surface area contributed by atoms with Crippen LogP contribution in [0.5, 0.6) is 0 Å². The monoisotopic (exact) mass is 666 g/mol. The number of carbonyl (C=O) groups is 1. The van der Waals surface area contributed by atoms with Crippen molar-refractivity contribution in [3.63, 3.8) is 0 Å². The third-order valence-electron chi connectivity index (χ3n) is 14.1. The summed E-state index contributed by atoms with van der Waals surface area (Å²) < 4.78 is 29.0. The summed E-state index contributed by atoms with van der Waals surface area (Å²) in [5.74, 6) is 0.862. The van der Waals surface area contributed by atoms with Crippen LogP contribution in [0.25, 0.3) is 0 Å². The molecule has 0 aromatic heterocycles. The number of aliphatic hydroxyl groups is 6. The third-order valence-corrected chi connectivity index (χ3v) is 14.1. The van der Waals surface area contributed by atoms with Crippen LogP contribution in [0.2, 0.25) is 0 Å². The van der Waals surface area contributed by atoms with Crippen LogP contribution in [-0.2, 0) is 28.5 Å². The molecule has 47 heavy (non-hydrogen) atoms. The highest BCUT2D eigenvalue weighted by Gasteiger charge is 2.68. The van der Waals surface area contributed by atoms with E-state index in [1.54, 1.807) is 13.0 Å². The standard InChI is InChI=1S/C35H54O12/c1-16-25(37)27(39)28(40)31(44-16)47-30-26(38)17(2)45-32(29(30)41)46-20-7-10-33(3)19(14-20)5-6-23-22(33)8-11-34(4)21(9-12-35(23,34)42)18-13-24(36)43-15-18/h13,16-17,19-23,25-32,37-42H,5-12,14-15H2,1-4H3/t16?,17?,19-,20-,21+,22?,23+,25?,26?,27-,28-,29-,30-,31?,32?,33?,34?,35-/m0/s1. The van der Waals surface area contributed by atoms with Gasteiger partial charge in [-0.1, -0.05) is 13.8 Å². The molecule has 7 rings (SSSR count). The summed E-state index contributed by atoms with van der Waals surface area (Å²) in [6, 6.07) is 0. The van der Waals surface area contributed by atoms with E-state index < -0.39 is 67.0 Å². The zero-order valence-electron chi connectivity index (χ0n) is 27.9. The molecule has 12 heteroatoms. The fourth-order valence-corrected chi connectivity index (χ4v) is 11.2. The highest BCUT2D eigenvalue weighted by molar-refractivity contribution is 5.85. The van der Waals surface area contributed by atoms with E-state index in [2.05, 4.69) is 13.8 Å². The Morgan fingerprint density at radius 1 is 0.766 bits per heavy atom. The van der Waals surface area contributed by atoms with Gasteiger partial charge in [-0.2, -0.15) is 0 Å². The van der Waals surface area contributed by atoms with Crippen LogP contribution in [0.1, 0.15) is 85.5 Å². The zero-order valence-corrected chi connectivity index (χ0v) is 27.9. The quantitative estimate of drug-likeness (QED) is 0.183. The first kappa shape index (κ1) is 34.3. The van der Waals surface area contributed by atoms with Crippen molar-refractivity contribution in [1.82, 2.24) is 0 Å². The predicted molar refractivity (Wildman–Crippen MR) is 164 cm³/mol. The lowest BCUT2D eigenvalue weighted by atomic mass is 9.43. The Kier molecular flexibility index (Phi) is 8.93. The Morgan fingerprint density at radius 2 is 1.47 bits per heavy atom. The maximum absolute atomic E-state index is 12.5. The number of cyclic esters (lactones) is 1. The summed E-state index contributed by atoms with van der Waals surface area (Å²) >= 11 is 0. The van der Waals surface area contributed by atoms with Gasteiger partial charge in [-0.3, -0.25) is 0 Å². The Bertz CT molecular complexity index is 1230. The summed E-state index contributed by atoms with van der Waals surface area (Å²) in [6.45, 7) is 8.17. The lowest BCUT2D eigenvalue weighted by Crippen LogP contribution is -2.64. The van der Waals surface area contributed by atoms with E-state index >= 15 is 0 Å². The summed E-state index contributed by atoms with van der Waals surface area (Å²) in [6.07, 6.45) is -2.82. The second kappa shape index (κ2) is 12.2. The molecule has 2 saturated heterocycles. The highest BCUT2D eigenvalue weighted by atomic mass is 16.7. The summed E-state index contributed by atoms with van der Waals surface area (Å²) in [5, 5.41) is 65.4. The molecule has 0 bridgehead atoms. The van der Waals surface area contributed by atoms with Crippen LogP contribution in [0.4, 0.5) is 0 Å². The van der Waals surface area contributed by atoms with Gasteiger partial charge in [-0.15, -0.1) is 0 Å². The molecule has 0 aromatic rings. The van der Waals surface area contributed by atoms with Crippen molar-refractivity contribution in [1.29, 1.82) is 0 Å². The van der Waals surface area contributed by atoms with Crippen LogP contribution in [-0.4, -0.2) is 116 Å². The Labute approximate surface area is 276 Å². The average molecular weight is 667 g/mol. The lowest BCUT2D eigenvalue weighted by molar-refractivity contribution is -0.359. The molecule has 4 saturated carbocycles. The van der Waals surface area contributed by atoms with Crippen LogP contribution < -0.4 is 0 Å². The molecule has 7 aliphatic rings. The van der Waals surface area contributed by atoms with Gasteiger partial charge < -0.3 is 54.3 Å². The number of rotatable bonds is 5. The summed E-state index contributed by atoms with van der Waals surface area (Å²) in [7, 11) is 0. The van der Waals surface area contributed by atoms with Gasteiger partial charge in [-0.05, 0) is 106 Å². The van der Waals surface area contributed by atoms with Gasteiger partial charge in [0.25, 0.3) is 0 Å². The fourth-order valence-electron chi connectivity index (χ4n) is 11.2. The van der Waals surface area contributed by atoms with Gasteiger partial charge in [0.05, 0.1) is 23.9 Å². The van der Waals surface area contributed by atoms with Crippen molar-refractivity contribution in [2.75, 3.05) is 6.61 Å². The third kappa shape index (κ3) is 5.36. The number of esters is 1. The molecule has 6 fully saturated rings. The average Bonchev–Trinajstić information content (AvgIpc) is 3.58. The predicted octanol–water partition coefficient (Wildman–Crippen LogP) is 1.31. The molecule has 0 aromatic carbocycles. The molecule has 3 aliphatic heterocycles. The Hall–Kier alpha value is -1.19. The van der Waals surface area contributed by atoms with E-state index in [9.17, 15) is 35.4 Å². The molecule has 0 amide bonds. The first-order valence-corrected chi connectivity index (χ1v) is 17.8. The molecule has 0 spiro atoms. The number of hydrogen-bond acceptors (Lipinski definition) is 12. The number of hydrogen-bond donors (Lipinski definition) is 6. The molecule has 3 heterocycles. The van der Waals surface area contributed by atoms with Gasteiger partial charge in [0.15, 0.2) is 12.6 Å². The highest BCUT2D eigenvalue weighted by Crippen LogP contribution is 2.70. The van der Waals surface area contributed by atoms with E-state index in [1.807, 2.05) is 0 Å². The van der Waals surface area contributed by atoms with Crippen molar-refractivity contribution in [2.45, 2.75) is 159 Å². The molecule has 9 unspecified atom stereocenters. The summed E-state index contributed by atoms with van der Waals surface area (Å²) in [4.78, 5) is 11.9. The minimum atomic E-state index is -1.58. The number of fused-ring (bicyclic) bond motifs is 5. The van der Waals surface area contributed by atoms with Gasteiger partial charge in [0.1, 0.15) is 43.2 Å². The second-order valence-electron chi connectivity index (χ2n) is 16.3. The van der Waals surface area contributed by atoms with E-state index in [1.165, 1.54) is 6.92 Å². The maximum Gasteiger partial charge on any atom is 0.331 e. The largest absolute Gasteiger partial charge is 0.458 e. The smallest absolute Gasteiger partial charge is 0.331 e. The molecular formula is C35H54O12. The van der Waals surface area contributed by atoms with Gasteiger partial charge >= 0.3 is 5.97 Å². The van der Waals surface area contributed by atoms with E-state index in [0.717, 1.165) is 63.4 Å². The first-order valence-electron chi connectivity index (χ1n) is 17.8. The molecule has 4 aliphatic carbocycles. The number of ether oxygens (including phenoxy) is 5. The molecule has 12 nitrogen and oxygen atoms in total. The summed E-state index contributed by atoms with van der Waals surface area (Å²) in [5.41, 5.74) is 0.0310. The van der Waals surface area contributed by atoms with Gasteiger partial charge in [0, 0.05) is 11.5 Å².